The van der Waals surface area contributed by atoms with Gasteiger partial charge in [0.25, 0.3) is 0 Å². The molecular weight excluding hydrogens is 240 g/mol. The molecule has 1 unspecified atom stereocenters. The Morgan fingerprint density at radius 1 is 1.47 bits per heavy atom. The van der Waals surface area contributed by atoms with Gasteiger partial charge in [-0.1, -0.05) is 6.92 Å². The molecule has 1 N–H and O–H groups in total. The largest absolute Gasteiger partial charge is 0.384 e. The van der Waals surface area contributed by atoms with Crippen molar-refractivity contribution in [3.05, 3.63) is 11.9 Å². The molecule has 0 saturated carbocycles. The van der Waals surface area contributed by atoms with E-state index < -0.39 is 0 Å². The molecule has 0 spiro atoms. The molecule has 1 aliphatic rings. The Kier molecular flexibility index (Phi) is 4.96. The zero-order chi connectivity index (χ0) is 13.7. The number of rotatable bonds is 6. The third kappa shape index (κ3) is 3.80. The highest BCUT2D eigenvalue weighted by Crippen LogP contribution is 2.24. The van der Waals surface area contributed by atoms with E-state index in [0.29, 0.717) is 5.92 Å². The van der Waals surface area contributed by atoms with Gasteiger partial charge >= 0.3 is 0 Å². The quantitative estimate of drug-likeness (QED) is 0.852. The number of methoxy groups -OCH3 is 1. The summed E-state index contributed by atoms with van der Waals surface area (Å²) in [4.78, 5) is 11.3. The summed E-state index contributed by atoms with van der Waals surface area (Å²) >= 11 is 0. The molecule has 0 radical (unpaired) electrons. The van der Waals surface area contributed by atoms with Crippen molar-refractivity contribution < 1.29 is 4.74 Å². The molecule has 1 aromatic heterocycles. The molecule has 0 bridgehead atoms. The number of hydrogen-bond donors (Lipinski definition) is 1. The predicted molar refractivity (Wildman–Crippen MR) is 77.7 cm³/mol. The summed E-state index contributed by atoms with van der Waals surface area (Å²) in [6, 6.07) is 2.05. The molecule has 2 rings (SSSR count). The highest BCUT2D eigenvalue weighted by Gasteiger charge is 2.23. The smallest absolute Gasteiger partial charge is 0.134 e. The molecule has 1 fully saturated rings. The van der Waals surface area contributed by atoms with E-state index in [1.54, 1.807) is 7.11 Å². The SMILES string of the molecule is CCCNc1cc(N2CCC(COC)C2)nc(C)n1. The molecule has 0 amide bonds. The van der Waals surface area contributed by atoms with Crippen LogP contribution in [0.25, 0.3) is 0 Å². The van der Waals surface area contributed by atoms with Gasteiger partial charge in [-0.05, 0) is 19.8 Å². The van der Waals surface area contributed by atoms with E-state index in [4.69, 9.17) is 4.74 Å². The van der Waals surface area contributed by atoms with Gasteiger partial charge < -0.3 is 15.0 Å². The van der Waals surface area contributed by atoms with Crippen LogP contribution in [0, 0.1) is 12.8 Å². The Labute approximate surface area is 115 Å². The number of anilines is 2. The molecule has 0 aromatic carbocycles. The van der Waals surface area contributed by atoms with Crippen LogP contribution in [0.2, 0.25) is 0 Å². The lowest BCUT2D eigenvalue weighted by Gasteiger charge is -2.18. The third-order valence-electron chi connectivity index (χ3n) is 3.39. The molecule has 5 nitrogen and oxygen atoms in total. The first-order chi connectivity index (χ1) is 9.22. The van der Waals surface area contributed by atoms with Gasteiger partial charge in [0, 0.05) is 38.7 Å². The molecule has 0 aliphatic carbocycles. The molecule has 1 aromatic rings. The molecule has 1 saturated heterocycles. The van der Waals surface area contributed by atoms with Crippen molar-refractivity contribution in [2.24, 2.45) is 5.92 Å². The summed E-state index contributed by atoms with van der Waals surface area (Å²) < 4.78 is 5.24. The summed E-state index contributed by atoms with van der Waals surface area (Å²) in [7, 11) is 1.77. The van der Waals surface area contributed by atoms with E-state index in [9.17, 15) is 0 Å². The number of hydrogen-bond acceptors (Lipinski definition) is 5. The van der Waals surface area contributed by atoms with Crippen LogP contribution in [0.1, 0.15) is 25.6 Å². The first kappa shape index (κ1) is 14.1. The van der Waals surface area contributed by atoms with E-state index in [1.165, 1.54) is 6.42 Å². The van der Waals surface area contributed by atoms with Gasteiger partial charge in [0.05, 0.1) is 6.61 Å². The van der Waals surface area contributed by atoms with Crippen LogP contribution in [-0.4, -0.2) is 43.3 Å². The molecular formula is C14H24N4O. The maximum Gasteiger partial charge on any atom is 0.134 e. The minimum absolute atomic E-state index is 0.618. The van der Waals surface area contributed by atoms with Crippen LogP contribution in [0.4, 0.5) is 11.6 Å². The van der Waals surface area contributed by atoms with Crippen LogP contribution in [0.5, 0.6) is 0 Å². The third-order valence-corrected chi connectivity index (χ3v) is 3.39. The maximum absolute atomic E-state index is 5.24. The van der Waals surface area contributed by atoms with Gasteiger partial charge in [-0.3, -0.25) is 0 Å². The van der Waals surface area contributed by atoms with Crippen molar-refractivity contribution in [3.63, 3.8) is 0 Å². The Bertz CT molecular complexity index is 410. The zero-order valence-electron chi connectivity index (χ0n) is 12.1. The van der Waals surface area contributed by atoms with Crippen molar-refractivity contribution in [1.82, 2.24) is 9.97 Å². The number of nitrogens with one attached hydrogen (secondary N) is 1. The fraction of sp³-hybridized carbons (Fsp3) is 0.714. The topological polar surface area (TPSA) is 50.3 Å². The maximum atomic E-state index is 5.24. The van der Waals surface area contributed by atoms with Gasteiger partial charge in [0.2, 0.25) is 0 Å². The van der Waals surface area contributed by atoms with Crippen LogP contribution in [-0.2, 0) is 4.74 Å². The summed E-state index contributed by atoms with van der Waals surface area (Å²) in [6.45, 7) is 7.96. The van der Waals surface area contributed by atoms with Gasteiger partial charge in [-0.15, -0.1) is 0 Å². The Hall–Kier alpha value is -1.36. The van der Waals surface area contributed by atoms with E-state index >= 15 is 0 Å². The average molecular weight is 264 g/mol. The second kappa shape index (κ2) is 6.70. The van der Waals surface area contributed by atoms with Crippen LogP contribution >= 0.6 is 0 Å². The van der Waals surface area contributed by atoms with Crippen molar-refractivity contribution in [3.8, 4) is 0 Å². The standard InChI is InChI=1S/C14H24N4O/c1-4-6-15-13-8-14(17-11(2)16-13)18-7-5-12(9-18)10-19-3/h8,12H,4-7,9-10H2,1-3H3,(H,15,16,17). The van der Waals surface area contributed by atoms with Crippen molar-refractivity contribution in [2.75, 3.05) is 43.6 Å². The lowest BCUT2D eigenvalue weighted by atomic mass is 10.1. The monoisotopic (exact) mass is 264 g/mol. The van der Waals surface area contributed by atoms with E-state index in [1.807, 2.05) is 6.92 Å². The fourth-order valence-corrected chi connectivity index (χ4v) is 2.47. The van der Waals surface area contributed by atoms with Crippen molar-refractivity contribution >= 4 is 11.6 Å². The fourth-order valence-electron chi connectivity index (χ4n) is 2.47. The van der Waals surface area contributed by atoms with Gasteiger partial charge in [0.1, 0.15) is 17.5 Å². The summed E-state index contributed by atoms with van der Waals surface area (Å²) in [5, 5.41) is 3.33. The van der Waals surface area contributed by atoms with E-state index in [0.717, 1.165) is 50.1 Å². The van der Waals surface area contributed by atoms with Crippen molar-refractivity contribution in [1.29, 1.82) is 0 Å². The number of aromatic nitrogens is 2. The van der Waals surface area contributed by atoms with Crippen LogP contribution in [0.15, 0.2) is 6.07 Å². The summed E-state index contributed by atoms with van der Waals surface area (Å²) in [5.74, 6) is 3.41. The zero-order valence-corrected chi connectivity index (χ0v) is 12.1. The number of aryl methyl sites for hydroxylation is 1. The number of nitrogens with zero attached hydrogens (tertiary/aromatic N) is 3. The molecule has 106 valence electrons. The van der Waals surface area contributed by atoms with Gasteiger partial charge in [0.15, 0.2) is 0 Å². The van der Waals surface area contributed by atoms with Gasteiger partial charge in [-0.2, -0.15) is 0 Å². The lowest BCUT2D eigenvalue weighted by Crippen LogP contribution is -2.22. The Morgan fingerprint density at radius 3 is 3.05 bits per heavy atom. The summed E-state index contributed by atoms with van der Waals surface area (Å²) in [5.41, 5.74) is 0. The highest BCUT2D eigenvalue weighted by molar-refractivity contribution is 5.50. The molecule has 5 heteroatoms. The van der Waals surface area contributed by atoms with E-state index in [-0.39, 0.29) is 0 Å². The molecule has 2 heterocycles. The second-order valence-corrected chi connectivity index (χ2v) is 5.14. The highest BCUT2D eigenvalue weighted by atomic mass is 16.5. The Morgan fingerprint density at radius 2 is 2.32 bits per heavy atom. The molecule has 1 atom stereocenters. The molecule has 19 heavy (non-hydrogen) atoms. The first-order valence-electron chi connectivity index (χ1n) is 7.06. The minimum atomic E-state index is 0.618. The lowest BCUT2D eigenvalue weighted by molar-refractivity contribution is 0.161. The molecule has 1 aliphatic heterocycles. The van der Waals surface area contributed by atoms with E-state index in [2.05, 4.69) is 33.2 Å². The first-order valence-corrected chi connectivity index (χ1v) is 7.06. The summed E-state index contributed by atoms with van der Waals surface area (Å²) in [6.07, 6.45) is 2.27. The average Bonchev–Trinajstić information content (AvgIpc) is 2.85. The van der Waals surface area contributed by atoms with Crippen LogP contribution in [0.3, 0.4) is 0 Å². The normalized spacial score (nSPS) is 18.9. The van der Waals surface area contributed by atoms with Gasteiger partial charge in [-0.25, -0.2) is 9.97 Å². The predicted octanol–water partition coefficient (Wildman–Crippen LogP) is 2.08. The van der Waals surface area contributed by atoms with Crippen molar-refractivity contribution in [2.45, 2.75) is 26.7 Å². The van der Waals surface area contributed by atoms with Crippen LogP contribution < -0.4 is 10.2 Å². The minimum Gasteiger partial charge on any atom is -0.384 e. The Balaban J connectivity index is 2.05. The number of ether oxygens (including phenoxy) is 1. The second-order valence-electron chi connectivity index (χ2n) is 5.14.